The number of aromatic nitrogens is 1. The minimum absolute atomic E-state index is 0.178. The van der Waals surface area contributed by atoms with E-state index in [1.54, 1.807) is 42.6 Å². The minimum Gasteiger partial charge on any atom is -0.369 e. The summed E-state index contributed by atoms with van der Waals surface area (Å²) < 4.78 is 0. The number of benzene rings is 1. The number of carbonyl (C=O) groups is 1. The van der Waals surface area contributed by atoms with Crippen molar-refractivity contribution < 1.29 is 4.79 Å². The summed E-state index contributed by atoms with van der Waals surface area (Å²) in [6.07, 6.45) is 4.05. The highest BCUT2D eigenvalue weighted by Gasteiger charge is 2.21. The van der Waals surface area contributed by atoms with Crippen LogP contribution in [0, 0.1) is 5.92 Å². The Hall–Kier alpha value is -2.11. The quantitative estimate of drug-likeness (QED) is 0.766. The Morgan fingerprint density at radius 1 is 1.22 bits per heavy atom. The number of anilines is 2. The van der Waals surface area contributed by atoms with Crippen LogP contribution in [-0.2, 0) is 0 Å². The number of carbonyl (C=O) groups excluding carboxylic acids is 1. The molecule has 1 amide bonds. The predicted octanol–water partition coefficient (Wildman–Crippen LogP) is 4.52. The molecule has 1 aliphatic heterocycles. The van der Waals surface area contributed by atoms with Gasteiger partial charge in [0.05, 0.1) is 5.56 Å². The van der Waals surface area contributed by atoms with E-state index in [4.69, 9.17) is 11.6 Å². The Bertz CT molecular complexity index is 755. The lowest BCUT2D eigenvalue weighted by atomic mass is 9.96. The van der Waals surface area contributed by atoms with Crippen molar-refractivity contribution in [2.24, 2.45) is 5.92 Å². The van der Waals surface area contributed by atoms with Crippen LogP contribution >= 0.6 is 11.6 Å². The Morgan fingerprint density at radius 3 is 2.59 bits per heavy atom. The average molecular weight is 387 g/mol. The first-order chi connectivity index (χ1) is 13.0. The number of hydrogen-bond donors (Lipinski definition) is 2. The molecule has 1 fully saturated rings. The molecular weight excluding hydrogens is 360 g/mol. The van der Waals surface area contributed by atoms with Gasteiger partial charge in [0.1, 0.15) is 5.82 Å². The number of likely N-dealkylation sites (tertiary alicyclic amines) is 1. The highest BCUT2D eigenvalue weighted by atomic mass is 35.5. The lowest BCUT2D eigenvalue weighted by molar-refractivity contribution is 0.102. The van der Waals surface area contributed by atoms with E-state index in [1.807, 2.05) is 0 Å². The molecule has 2 heterocycles. The molecule has 3 rings (SSSR count). The summed E-state index contributed by atoms with van der Waals surface area (Å²) in [4.78, 5) is 19.6. The van der Waals surface area contributed by atoms with Crippen molar-refractivity contribution in [3.63, 3.8) is 0 Å². The van der Waals surface area contributed by atoms with Gasteiger partial charge in [-0.3, -0.25) is 4.79 Å². The molecule has 1 saturated heterocycles. The molecule has 0 unspecified atom stereocenters. The van der Waals surface area contributed by atoms with Gasteiger partial charge in [0.2, 0.25) is 0 Å². The number of pyridine rings is 1. The zero-order valence-corrected chi connectivity index (χ0v) is 16.7. The molecule has 0 spiro atoms. The van der Waals surface area contributed by atoms with Crippen LogP contribution < -0.4 is 10.6 Å². The van der Waals surface area contributed by atoms with Crippen LogP contribution in [0.4, 0.5) is 11.5 Å². The lowest BCUT2D eigenvalue weighted by Crippen LogP contribution is -2.40. The zero-order valence-electron chi connectivity index (χ0n) is 15.9. The largest absolute Gasteiger partial charge is 0.369 e. The fraction of sp³-hybridized carbons (Fsp3) is 0.429. The summed E-state index contributed by atoms with van der Waals surface area (Å²) in [5.41, 5.74) is 1.26. The Labute approximate surface area is 166 Å². The molecule has 0 radical (unpaired) electrons. The molecule has 2 N–H and O–H groups in total. The fourth-order valence-corrected chi connectivity index (χ4v) is 3.50. The normalized spacial score (nSPS) is 15.7. The van der Waals surface area contributed by atoms with Crippen LogP contribution in [0.2, 0.25) is 5.02 Å². The number of nitrogens with one attached hydrogen (secondary N) is 2. The van der Waals surface area contributed by atoms with Crippen LogP contribution in [-0.4, -0.2) is 41.5 Å². The molecular formula is C21H27ClN4O. The molecule has 2 aromatic rings. The number of amides is 1. The number of rotatable bonds is 6. The minimum atomic E-state index is -0.178. The summed E-state index contributed by atoms with van der Waals surface area (Å²) in [5.74, 6) is 1.06. The van der Waals surface area contributed by atoms with Crippen LogP contribution in [0.3, 0.4) is 0 Å². The second-order valence-electron chi connectivity index (χ2n) is 7.31. The molecule has 144 valence electrons. The summed E-state index contributed by atoms with van der Waals surface area (Å²) in [7, 11) is 0. The first-order valence-electron chi connectivity index (χ1n) is 9.53. The fourth-order valence-electron chi connectivity index (χ4n) is 3.38. The molecule has 0 bridgehead atoms. The second-order valence-corrected chi connectivity index (χ2v) is 7.75. The van der Waals surface area contributed by atoms with Gasteiger partial charge in [-0.25, -0.2) is 4.98 Å². The molecule has 0 atom stereocenters. The highest BCUT2D eigenvalue weighted by molar-refractivity contribution is 6.30. The maximum absolute atomic E-state index is 12.7. The van der Waals surface area contributed by atoms with E-state index in [1.165, 1.54) is 12.8 Å². The molecule has 5 nitrogen and oxygen atoms in total. The molecule has 1 aliphatic rings. The second kappa shape index (κ2) is 9.20. The van der Waals surface area contributed by atoms with Gasteiger partial charge in [-0.15, -0.1) is 0 Å². The predicted molar refractivity (Wildman–Crippen MR) is 112 cm³/mol. The molecule has 0 aliphatic carbocycles. The molecule has 1 aromatic heterocycles. The molecule has 6 heteroatoms. The third-order valence-corrected chi connectivity index (χ3v) is 5.34. The van der Waals surface area contributed by atoms with E-state index in [2.05, 4.69) is 34.4 Å². The summed E-state index contributed by atoms with van der Waals surface area (Å²) in [5, 5.41) is 6.93. The zero-order chi connectivity index (χ0) is 19.2. The van der Waals surface area contributed by atoms with Gasteiger partial charge >= 0.3 is 0 Å². The van der Waals surface area contributed by atoms with E-state index >= 15 is 0 Å². The summed E-state index contributed by atoms with van der Waals surface area (Å²) in [6, 6.07) is 11.3. The van der Waals surface area contributed by atoms with E-state index in [0.717, 1.165) is 19.6 Å². The topological polar surface area (TPSA) is 57.3 Å². The molecule has 1 aromatic carbocycles. The lowest BCUT2D eigenvalue weighted by Gasteiger charge is -2.34. The maximum Gasteiger partial charge on any atom is 0.259 e. The van der Waals surface area contributed by atoms with Crippen LogP contribution in [0.1, 0.15) is 37.0 Å². The van der Waals surface area contributed by atoms with Gasteiger partial charge in [0.15, 0.2) is 0 Å². The summed E-state index contributed by atoms with van der Waals surface area (Å²) >= 11 is 5.90. The first-order valence-corrected chi connectivity index (χ1v) is 9.90. The number of nitrogens with zero attached hydrogens (tertiary/aromatic N) is 2. The van der Waals surface area contributed by atoms with Crippen LogP contribution in [0.25, 0.3) is 0 Å². The Morgan fingerprint density at radius 2 is 1.93 bits per heavy atom. The van der Waals surface area contributed by atoms with Crippen molar-refractivity contribution in [3.05, 3.63) is 53.2 Å². The van der Waals surface area contributed by atoms with Gasteiger partial charge in [0, 0.05) is 29.5 Å². The number of halogens is 1. The van der Waals surface area contributed by atoms with Gasteiger partial charge < -0.3 is 15.5 Å². The first kappa shape index (κ1) is 19.6. The van der Waals surface area contributed by atoms with E-state index in [0.29, 0.717) is 34.1 Å². The van der Waals surface area contributed by atoms with Gasteiger partial charge in [-0.05, 0) is 82.1 Å². The van der Waals surface area contributed by atoms with Crippen LogP contribution in [0.15, 0.2) is 42.6 Å². The van der Waals surface area contributed by atoms with E-state index in [-0.39, 0.29) is 5.91 Å². The van der Waals surface area contributed by atoms with E-state index in [9.17, 15) is 4.79 Å². The highest BCUT2D eigenvalue weighted by Crippen LogP contribution is 2.21. The van der Waals surface area contributed by atoms with Crippen molar-refractivity contribution >= 4 is 29.0 Å². The summed E-state index contributed by atoms with van der Waals surface area (Å²) in [6.45, 7) is 7.60. The Balaban J connectivity index is 1.59. The number of piperidine rings is 1. The van der Waals surface area contributed by atoms with Crippen molar-refractivity contribution in [2.45, 2.75) is 32.7 Å². The molecule has 0 saturated carbocycles. The molecule has 27 heavy (non-hydrogen) atoms. The van der Waals surface area contributed by atoms with Crippen molar-refractivity contribution in [2.75, 3.05) is 30.3 Å². The van der Waals surface area contributed by atoms with Crippen LogP contribution in [0.5, 0.6) is 0 Å². The van der Waals surface area contributed by atoms with Crippen molar-refractivity contribution in [1.82, 2.24) is 9.88 Å². The van der Waals surface area contributed by atoms with Gasteiger partial charge in [-0.1, -0.05) is 11.6 Å². The van der Waals surface area contributed by atoms with Gasteiger partial charge in [0.25, 0.3) is 5.91 Å². The van der Waals surface area contributed by atoms with E-state index < -0.39 is 0 Å². The van der Waals surface area contributed by atoms with Gasteiger partial charge in [-0.2, -0.15) is 0 Å². The number of hydrogen-bond acceptors (Lipinski definition) is 4. The van der Waals surface area contributed by atoms with Crippen molar-refractivity contribution in [3.8, 4) is 0 Å². The van der Waals surface area contributed by atoms with Crippen molar-refractivity contribution in [1.29, 1.82) is 0 Å². The Kier molecular flexibility index (Phi) is 6.69. The standard InChI is InChI=1S/C21H27ClN4O/c1-15(2)26-12-9-16(10-13-26)14-24-20-19(4-3-11-23-20)21(27)25-18-7-5-17(22)6-8-18/h3-8,11,15-16H,9-10,12-14H2,1-2H3,(H,23,24)(H,25,27). The third-order valence-electron chi connectivity index (χ3n) is 5.09. The third kappa shape index (κ3) is 5.44. The SMILES string of the molecule is CC(C)N1CCC(CNc2ncccc2C(=O)Nc2ccc(Cl)cc2)CC1. The monoisotopic (exact) mass is 386 g/mol. The smallest absolute Gasteiger partial charge is 0.259 e. The maximum atomic E-state index is 12.7. The average Bonchev–Trinajstić information content (AvgIpc) is 2.68.